The summed E-state index contributed by atoms with van der Waals surface area (Å²) in [6, 6.07) is 0.813. The summed E-state index contributed by atoms with van der Waals surface area (Å²) in [5.74, 6) is 2.82. The van der Waals surface area contributed by atoms with Crippen LogP contribution in [0.15, 0.2) is 20.1 Å². The van der Waals surface area contributed by atoms with Crippen LogP contribution in [0.25, 0.3) is 0 Å². The third-order valence-electron chi connectivity index (χ3n) is 6.41. The van der Waals surface area contributed by atoms with Crippen LogP contribution in [-0.2, 0) is 0 Å². The van der Waals surface area contributed by atoms with Gasteiger partial charge in [0.05, 0.1) is 24.9 Å². The molecule has 0 aliphatic carbocycles. The first-order chi connectivity index (χ1) is 24.6. The van der Waals surface area contributed by atoms with Gasteiger partial charge in [-0.1, -0.05) is 27.7 Å². The van der Waals surface area contributed by atoms with E-state index in [9.17, 15) is 0 Å². The van der Waals surface area contributed by atoms with Crippen molar-refractivity contribution in [2.45, 2.75) is 125 Å². The van der Waals surface area contributed by atoms with Crippen LogP contribution in [0.2, 0.25) is 0 Å². The number of nitriles is 2. The van der Waals surface area contributed by atoms with Crippen LogP contribution in [-0.4, -0.2) is 107 Å². The average Bonchev–Trinajstić information content (AvgIpc) is 3.05. The minimum atomic E-state index is 0. The molecule has 0 saturated heterocycles. The molecule has 0 fully saturated rings. The number of nitrogens with zero attached hydrogens (tertiary/aromatic N) is 8. The Morgan fingerprint density at radius 2 is 1.16 bits per heavy atom. The van der Waals surface area contributed by atoms with Crippen molar-refractivity contribution in [3.05, 3.63) is 6.92 Å². The number of hydrogen-bond acceptors (Lipinski definition) is 11. The summed E-state index contributed by atoms with van der Waals surface area (Å²) in [4.78, 5) is 16.8. The summed E-state index contributed by atoms with van der Waals surface area (Å²) in [7, 11) is 8.17. The van der Waals surface area contributed by atoms with Gasteiger partial charge in [-0.05, 0) is 139 Å². The molecule has 21 heteroatoms. The Morgan fingerprint density at radius 1 is 0.741 bits per heavy atom. The van der Waals surface area contributed by atoms with Crippen molar-refractivity contribution in [3.8, 4) is 12.8 Å². The van der Waals surface area contributed by atoms with Gasteiger partial charge in [0.1, 0.15) is 0 Å². The number of hydrazone groups is 1. The summed E-state index contributed by atoms with van der Waals surface area (Å²) in [5.41, 5.74) is 34.7. The predicted molar refractivity (Wildman–Crippen MR) is 262 cm³/mol. The molecule has 4 unspecified atom stereocenters. The monoisotopic (exact) mass is 922 g/mol. The molecule has 0 bridgehead atoms. The van der Waals surface area contributed by atoms with Gasteiger partial charge in [0, 0.05) is 25.9 Å². The van der Waals surface area contributed by atoms with E-state index in [4.69, 9.17) is 44.9 Å². The van der Waals surface area contributed by atoms with Gasteiger partial charge in [-0.2, -0.15) is 10.4 Å². The standard InChI is InChI=1S/C14H32N6.C8H18N3.C7H17N.C5H14N2.C2H3N3.CHN.4ClH.Na.H/c1-11(2)7-8-12(3)18-14(16)19-13(15)17-9-6-10-20(4)5;1-6(2)4-5-7(3)11-8(9)10;1-6(2)4-5-7(3)8;1-7(2)5-3-4-6;1-4-5-2-3;1-2;;;;;;/h11-12H,6-10H2,1-5H3,(H5,15,16,17,18,19);6-7H,1,4-5H2,2-3H3,(H4,9,10,11);6-7H,4-5,8H2,1-3H3;3-6H2,1-2H3;5H,1H2;1H;4*1H;;/q;+1;;;;;;;;;+1;-1. The molecule has 0 saturated carbocycles. The molecule has 0 heterocycles. The Hall–Kier alpha value is -1.67. The number of nitrogens with two attached hydrogens (primary N) is 6. The second-order valence-electron chi connectivity index (χ2n) is 14.2. The molecule has 16 nitrogen and oxygen atoms in total. The molecule has 0 aromatic carbocycles. The van der Waals surface area contributed by atoms with Crippen LogP contribution in [0.1, 0.15) is 108 Å². The Morgan fingerprint density at radius 3 is 1.45 bits per heavy atom. The number of nitrogens with one attached hydrogen (secondary N) is 2. The minimum Gasteiger partial charge on any atom is -1.00 e. The number of halogens is 4. The molecule has 4 atom stereocenters. The first-order valence-corrected chi connectivity index (χ1v) is 18.6. The van der Waals surface area contributed by atoms with Crippen molar-refractivity contribution in [2.75, 3.05) is 54.4 Å². The second-order valence-corrected chi connectivity index (χ2v) is 14.2. The fraction of sp³-hybridized carbons (Fsp3) is 0.811. The molecule has 0 radical (unpaired) electrons. The van der Waals surface area contributed by atoms with Crippen LogP contribution >= 0.6 is 49.6 Å². The molecule has 0 amide bonds. The quantitative estimate of drug-likeness (QED) is 0.0135. The first-order valence-electron chi connectivity index (χ1n) is 18.6. The number of hydrogen-bond donors (Lipinski definition) is 8. The minimum absolute atomic E-state index is 0. The van der Waals surface area contributed by atoms with Gasteiger partial charge >= 0.3 is 29.6 Å². The SMILES string of the molecule is C#N.C=NNC#N.CC(C)CCC(C)N.CC(C)CCC(C)N=C(N)NC(N)=NCCCN(C)C.CN(C)CCCN.Cl.Cl.Cl.Cl.[CH2+]C(C)CCC(C)N=C(N)N.[H-].[Na+]. The van der Waals surface area contributed by atoms with Crippen molar-refractivity contribution >= 4 is 74.2 Å². The van der Waals surface area contributed by atoms with Gasteiger partial charge < -0.3 is 45.6 Å². The maximum atomic E-state index is 7.57. The zero-order chi connectivity index (χ0) is 42.8. The van der Waals surface area contributed by atoms with E-state index in [0.29, 0.717) is 36.3 Å². The van der Waals surface area contributed by atoms with Crippen LogP contribution in [0.4, 0.5) is 0 Å². The predicted octanol–water partition coefficient (Wildman–Crippen LogP) is 2.16. The zero-order valence-corrected chi connectivity index (χ0v) is 43.9. The van der Waals surface area contributed by atoms with E-state index in [1.165, 1.54) is 12.6 Å². The second kappa shape index (κ2) is 64.5. The van der Waals surface area contributed by atoms with Gasteiger partial charge in [-0.3, -0.25) is 20.3 Å². The number of aliphatic imine (C=N–C) groups is 3. The Labute approximate surface area is 404 Å². The average molecular weight is 924 g/mol. The van der Waals surface area contributed by atoms with Crippen LogP contribution in [0, 0.1) is 48.0 Å². The molecule has 0 aliphatic heterocycles. The van der Waals surface area contributed by atoms with E-state index < -0.39 is 0 Å². The molecular weight excluding hydrogens is 833 g/mol. The maximum absolute atomic E-state index is 7.57. The van der Waals surface area contributed by atoms with E-state index in [-0.39, 0.29) is 98.7 Å². The van der Waals surface area contributed by atoms with Gasteiger partial charge in [0.2, 0.25) is 0 Å². The molecule has 58 heavy (non-hydrogen) atoms. The first kappa shape index (κ1) is 83.9. The zero-order valence-electron chi connectivity index (χ0n) is 39.6. The third-order valence-corrected chi connectivity index (χ3v) is 6.41. The summed E-state index contributed by atoms with van der Waals surface area (Å²) < 4.78 is 0. The molecule has 0 aromatic heterocycles. The van der Waals surface area contributed by atoms with Crippen LogP contribution in [0.3, 0.4) is 0 Å². The van der Waals surface area contributed by atoms with Gasteiger partial charge in [-0.25, -0.2) is 10.7 Å². The fourth-order valence-corrected chi connectivity index (χ4v) is 3.55. The van der Waals surface area contributed by atoms with E-state index in [1.54, 1.807) is 0 Å². The van der Waals surface area contributed by atoms with Crippen LogP contribution in [0.5, 0.6) is 0 Å². The number of guanidine groups is 3. The van der Waals surface area contributed by atoms with Crippen LogP contribution < -0.4 is 74.7 Å². The smallest absolute Gasteiger partial charge is 1.00 e. The molecule has 346 valence electrons. The third kappa shape index (κ3) is 105. The topological polar surface area (TPSA) is 284 Å². The summed E-state index contributed by atoms with van der Waals surface area (Å²) in [5, 5.41) is 19.9. The summed E-state index contributed by atoms with van der Waals surface area (Å²) in [6.07, 6.45) is 10.3. The molecule has 14 N–H and O–H groups in total. The van der Waals surface area contributed by atoms with Crippen molar-refractivity contribution in [2.24, 2.45) is 72.2 Å². The van der Waals surface area contributed by atoms with Crippen molar-refractivity contribution in [1.29, 1.82) is 10.5 Å². The maximum Gasteiger partial charge on any atom is 1.00 e. The largest absolute Gasteiger partial charge is 1.00 e. The molecular formula is C37H90Cl4N16Na+. The summed E-state index contributed by atoms with van der Waals surface area (Å²) >= 11 is 0. The fourth-order valence-electron chi connectivity index (χ4n) is 3.55. The van der Waals surface area contributed by atoms with Gasteiger partial charge in [-0.15, -0.1) is 49.6 Å². The van der Waals surface area contributed by atoms with Crippen molar-refractivity contribution < 1.29 is 31.0 Å². The van der Waals surface area contributed by atoms with Gasteiger partial charge in [0.15, 0.2) is 24.1 Å². The van der Waals surface area contributed by atoms with E-state index in [1.807, 2.05) is 26.4 Å². The van der Waals surface area contributed by atoms with E-state index >= 15 is 0 Å². The summed E-state index contributed by atoms with van der Waals surface area (Å²) in [6.45, 7) is 31.0. The Bertz CT molecular complexity index is 943. The molecule has 0 aliphatic rings. The van der Waals surface area contributed by atoms with Crippen molar-refractivity contribution in [3.63, 3.8) is 0 Å². The van der Waals surface area contributed by atoms with E-state index in [0.717, 1.165) is 70.5 Å². The van der Waals surface area contributed by atoms with Crippen molar-refractivity contribution in [1.82, 2.24) is 20.5 Å². The van der Waals surface area contributed by atoms with E-state index in [2.05, 4.69) is 118 Å². The molecule has 0 rings (SSSR count). The van der Waals surface area contributed by atoms with Gasteiger partial charge in [0.25, 0.3) is 0 Å². The Kier molecular flexibility index (Phi) is 93.3. The normalized spacial score (nSPS) is 11.8. The molecule has 0 spiro atoms. The Balaban J connectivity index is -0.0000000489. The molecule has 0 aromatic rings. The number of rotatable bonds is 19.